The van der Waals surface area contributed by atoms with Gasteiger partial charge >= 0.3 is 0 Å². The number of aliphatic hydroxyl groups excluding tert-OH is 1. The third-order valence-electron chi connectivity index (χ3n) is 3.00. The molecule has 0 saturated heterocycles. The van der Waals surface area contributed by atoms with Crippen LogP contribution in [0.2, 0.25) is 0 Å². The van der Waals surface area contributed by atoms with Crippen LogP contribution in [0, 0.1) is 0 Å². The molecular formula is C14H20Br2N4O2. The van der Waals surface area contributed by atoms with Crippen molar-refractivity contribution in [2.45, 2.75) is 46.9 Å². The van der Waals surface area contributed by atoms with Crippen LogP contribution in [0.15, 0.2) is 21.6 Å². The average molecular weight is 436 g/mol. The van der Waals surface area contributed by atoms with Gasteiger partial charge in [-0.1, -0.05) is 0 Å². The van der Waals surface area contributed by atoms with E-state index in [0.717, 1.165) is 27.9 Å². The number of Topliss-reactive ketones (excluding diaryl/α,β-unsaturated/α-hetero) is 1. The number of carbonyl (C=O) groups excluding carboxylic acids is 1. The summed E-state index contributed by atoms with van der Waals surface area (Å²) in [6.45, 7) is 8.82. The Morgan fingerprint density at radius 1 is 1.18 bits per heavy atom. The topological polar surface area (TPSA) is 72.9 Å². The molecule has 2 heterocycles. The van der Waals surface area contributed by atoms with E-state index >= 15 is 0 Å². The standard InChI is InChI=1S/C7H11BrN2O.C7H9BrN2O/c2*1-3-10-7(8)6(4-9-10)5(2)11/h4-5,11H,3H2,1-2H3;4H,3H2,1-2H3. The zero-order valence-corrected chi connectivity index (χ0v) is 16.2. The van der Waals surface area contributed by atoms with E-state index in [9.17, 15) is 9.90 Å². The number of rotatable bonds is 4. The zero-order valence-electron chi connectivity index (χ0n) is 13.0. The normalized spacial score (nSPS) is 11.8. The third kappa shape index (κ3) is 4.50. The van der Waals surface area contributed by atoms with Gasteiger partial charge in [-0.05, 0) is 59.6 Å². The number of aromatic nitrogens is 4. The van der Waals surface area contributed by atoms with Crippen LogP contribution in [0.25, 0.3) is 0 Å². The van der Waals surface area contributed by atoms with E-state index in [4.69, 9.17) is 0 Å². The van der Waals surface area contributed by atoms with Crippen LogP contribution in [-0.4, -0.2) is 30.5 Å². The first-order valence-electron chi connectivity index (χ1n) is 6.94. The van der Waals surface area contributed by atoms with Crippen molar-refractivity contribution in [1.29, 1.82) is 0 Å². The summed E-state index contributed by atoms with van der Waals surface area (Å²) < 4.78 is 5.17. The van der Waals surface area contributed by atoms with Crippen LogP contribution >= 0.6 is 31.9 Å². The smallest absolute Gasteiger partial charge is 0.164 e. The second-order valence-electron chi connectivity index (χ2n) is 4.60. The molecule has 0 aromatic carbocycles. The van der Waals surface area contributed by atoms with Crippen LogP contribution in [0.4, 0.5) is 0 Å². The van der Waals surface area contributed by atoms with Crippen molar-refractivity contribution in [3.05, 3.63) is 32.7 Å². The van der Waals surface area contributed by atoms with Gasteiger partial charge in [0.25, 0.3) is 0 Å². The number of hydrogen-bond donors (Lipinski definition) is 1. The Morgan fingerprint density at radius 3 is 1.95 bits per heavy atom. The molecule has 2 rings (SSSR count). The molecule has 0 aliphatic carbocycles. The van der Waals surface area contributed by atoms with E-state index in [1.165, 1.54) is 6.92 Å². The summed E-state index contributed by atoms with van der Waals surface area (Å²) in [6, 6.07) is 0. The molecule has 2 aromatic rings. The van der Waals surface area contributed by atoms with Gasteiger partial charge in [-0.2, -0.15) is 10.2 Å². The first kappa shape index (κ1) is 19.1. The molecule has 0 bridgehead atoms. The highest BCUT2D eigenvalue weighted by Crippen LogP contribution is 2.22. The van der Waals surface area contributed by atoms with Gasteiger partial charge in [0.15, 0.2) is 5.78 Å². The fourth-order valence-corrected chi connectivity index (χ4v) is 3.21. The van der Waals surface area contributed by atoms with E-state index in [0.29, 0.717) is 5.56 Å². The number of ketones is 1. The Morgan fingerprint density at radius 2 is 1.68 bits per heavy atom. The Bertz CT molecular complexity index is 635. The van der Waals surface area contributed by atoms with Crippen molar-refractivity contribution in [3.8, 4) is 0 Å². The van der Waals surface area contributed by atoms with Gasteiger partial charge < -0.3 is 5.11 Å². The lowest BCUT2D eigenvalue weighted by Gasteiger charge is -2.01. The van der Waals surface area contributed by atoms with E-state index in [-0.39, 0.29) is 5.78 Å². The molecule has 0 aliphatic rings. The summed E-state index contributed by atoms with van der Waals surface area (Å²) in [4.78, 5) is 10.9. The second kappa shape index (κ2) is 8.59. The first-order valence-corrected chi connectivity index (χ1v) is 8.53. The fraction of sp³-hybridized carbons (Fsp3) is 0.500. The summed E-state index contributed by atoms with van der Waals surface area (Å²) in [5.41, 5.74) is 1.48. The predicted octanol–water partition coefficient (Wildman–Crippen LogP) is 3.59. The summed E-state index contributed by atoms with van der Waals surface area (Å²) >= 11 is 6.64. The quantitative estimate of drug-likeness (QED) is 0.744. The van der Waals surface area contributed by atoms with Crippen molar-refractivity contribution in [2.75, 3.05) is 0 Å². The molecule has 1 N–H and O–H groups in total. The minimum Gasteiger partial charge on any atom is -0.389 e. The van der Waals surface area contributed by atoms with Crippen molar-refractivity contribution >= 4 is 37.6 Å². The van der Waals surface area contributed by atoms with Crippen molar-refractivity contribution in [3.63, 3.8) is 0 Å². The van der Waals surface area contributed by atoms with Gasteiger partial charge in [-0.25, -0.2) is 0 Å². The lowest BCUT2D eigenvalue weighted by molar-refractivity contribution is 0.101. The van der Waals surface area contributed by atoms with Crippen molar-refractivity contribution in [1.82, 2.24) is 19.6 Å². The third-order valence-corrected chi connectivity index (χ3v) is 4.71. The summed E-state index contributed by atoms with van der Waals surface area (Å²) in [7, 11) is 0. The van der Waals surface area contributed by atoms with Crippen LogP contribution < -0.4 is 0 Å². The van der Waals surface area contributed by atoms with Gasteiger partial charge in [0.05, 0.1) is 24.1 Å². The molecular weight excluding hydrogens is 416 g/mol. The minimum absolute atomic E-state index is 0.0385. The van der Waals surface area contributed by atoms with E-state index < -0.39 is 6.10 Å². The maximum absolute atomic E-state index is 10.9. The van der Waals surface area contributed by atoms with Crippen LogP contribution in [0.3, 0.4) is 0 Å². The monoisotopic (exact) mass is 434 g/mol. The lowest BCUT2D eigenvalue weighted by Crippen LogP contribution is -1.97. The van der Waals surface area contributed by atoms with Crippen molar-refractivity contribution < 1.29 is 9.90 Å². The molecule has 0 radical (unpaired) electrons. The Hall–Kier alpha value is -0.990. The predicted molar refractivity (Wildman–Crippen MR) is 91.8 cm³/mol. The molecule has 122 valence electrons. The molecule has 0 fully saturated rings. The van der Waals surface area contributed by atoms with E-state index in [1.54, 1.807) is 28.7 Å². The van der Waals surface area contributed by atoms with Crippen LogP contribution in [0.1, 0.15) is 49.7 Å². The number of hydrogen-bond acceptors (Lipinski definition) is 4. The van der Waals surface area contributed by atoms with Gasteiger partial charge in [0.1, 0.15) is 9.21 Å². The van der Waals surface area contributed by atoms with Crippen LogP contribution in [0.5, 0.6) is 0 Å². The minimum atomic E-state index is -0.454. The summed E-state index contributed by atoms with van der Waals surface area (Å²) in [6.07, 6.45) is 2.80. The highest BCUT2D eigenvalue weighted by Gasteiger charge is 2.10. The molecule has 0 spiro atoms. The van der Waals surface area contributed by atoms with Gasteiger partial charge in [-0.3, -0.25) is 14.2 Å². The molecule has 6 nitrogen and oxygen atoms in total. The highest BCUT2D eigenvalue weighted by molar-refractivity contribution is 9.10. The van der Waals surface area contributed by atoms with Gasteiger partial charge in [0.2, 0.25) is 0 Å². The van der Waals surface area contributed by atoms with E-state index in [1.807, 2.05) is 13.8 Å². The summed E-state index contributed by atoms with van der Waals surface area (Å²) in [5, 5.41) is 17.3. The molecule has 22 heavy (non-hydrogen) atoms. The average Bonchev–Trinajstić information content (AvgIpc) is 3.02. The molecule has 8 heteroatoms. The highest BCUT2D eigenvalue weighted by atomic mass is 79.9. The zero-order chi connectivity index (χ0) is 16.9. The summed E-state index contributed by atoms with van der Waals surface area (Å²) in [5.74, 6) is 0.0385. The maximum atomic E-state index is 10.9. The molecule has 1 atom stereocenters. The second-order valence-corrected chi connectivity index (χ2v) is 6.11. The van der Waals surface area contributed by atoms with E-state index in [2.05, 4.69) is 42.1 Å². The Kier molecular flexibility index (Phi) is 7.44. The first-order chi connectivity index (χ1) is 10.3. The molecule has 0 amide bonds. The SMILES string of the molecule is CCn1ncc(C(C)=O)c1Br.CCn1ncc(C(C)O)c1Br. The number of halogens is 2. The maximum Gasteiger partial charge on any atom is 0.164 e. The van der Waals surface area contributed by atoms with Crippen molar-refractivity contribution in [2.24, 2.45) is 0 Å². The molecule has 1 unspecified atom stereocenters. The number of nitrogens with zero attached hydrogens (tertiary/aromatic N) is 4. The molecule has 2 aromatic heterocycles. The Balaban J connectivity index is 0.000000220. The Labute approximate surface area is 146 Å². The molecule has 0 saturated carbocycles. The number of aliphatic hydroxyl groups is 1. The number of aryl methyl sites for hydroxylation is 2. The van der Waals surface area contributed by atoms with Gasteiger partial charge in [0, 0.05) is 18.7 Å². The number of carbonyl (C=O) groups is 1. The van der Waals surface area contributed by atoms with Crippen LogP contribution in [-0.2, 0) is 13.1 Å². The lowest BCUT2D eigenvalue weighted by atomic mass is 10.2. The fourth-order valence-electron chi connectivity index (χ4n) is 1.71. The van der Waals surface area contributed by atoms with Gasteiger partial charge in [-0.15, -0.1) is 0 Å². The molecule has 0 aliphatic heterocycles. The largest absolute Gasteiger partial charge is 0.389 e.